The number of ether oxygens (including phenoxy) is 1. The van der Waals surface area contributed by atoms with E-state index in [1.165, 1.54) is 35.6 Å². The molecule has 0 unspecified atom stereocenters. The monoisotopic (exact) mass is 458 g/mol. The van der Waals surface area contributed by atoms with Crippen LogP contribution in [0.5, 0.6) is 5.75 Å². The van der Waals surface area contributed by atoms with Gasteiger partial charge in [0.15, 0.2) is 0 Å². The van der Waals surface area contributed by atoms with Crippen molar-refractivity contribution >= 4 is 38.9 Å². The molecule has 0 heterocycles. The second-order valence-electron chi connectivity index (χ2n) is 6.78. The predicted molar refractivity (Wildman–Crippen MR) is 123 cm³/mol. The molecule has 0 bridgehead atoms. The molecular weight excluding hydrogens is 436 g/mol. The highest BCUT2D eigenvalue weighted by molar-refractivity contribution is 7.92. The fraction of sp³-hybridized carbons (Fsp3) is 0.174. The van der Waals surface area contributed by atoms with Crippen molar-refractivity contribution in [3.8, 4) is 5.75 Å². The lowest BCUT2D eigenvalue weighted by Crippen LogP contribution is -2.26. The molecule has 0 aliphatic rings. The smallest absolute Gasteiger partial charge is 0.264 e. The Morgan fingerprint density at radius 2 is 1.58 bits per heavy atom. The minimum atomic E-state index is -3.71. The average molecular weight is 459 g/mol. The summed E-state index contributed by atoms with van der Waals surface area (Å²) in [5, 5.41) is 3.30. The summed E-state index contributed by atoms with van der Waals surface area (Å²) in [5.41, 5.74) is 1.94. The Kier molecular flexibility index (Phi) is 7.20. The van der Waals surface area contributed by atoms with Crippen LogP contribution in [0.25, 0.3) is 0 Å². The molecule has 0 saturated carbocycles. The largest absolute Gasteiger partial charge is 0.494 e. The van der Waals surface area contributed by atoms with Gasteiger partial charge >= 0.3 is 0 Å². The van der Waals surface area contributed by atoms with Crippen LogP contribution in [0.3, 0.4) is 0 Å². The molecule has 0 aliphatic carbocycles. The molecule has 31 heavy (non-hydrogen) atoms. The summed E-state index contributed by atoms with van der Waals surface area (Å²) in [7, 11) is -2.22. The summed E-state index contributed by atoms with van der Waals surface area (Å²) in [6, 6.07) is 20.0. The van der Waals surface area contributed by atoms with Gasteiger partial charge in [0.05, 0.1) is 23.6 Å². The number of nitrogens with zero attached hydrogens (tertiary/aromatic N) is 1. The van der Waals surface area contributed by atoms with Crippen LogP contribution in [0.4, 0.5) is 11.4 Å². The Bertz CT molecular complexity index is 1130. The van der Waals surface area contributed by atoms with Gasteiger partial charge in [-0.3, -0.25) is 9.10 Å². The number of anilines is 2. The van der Waals surface area contributed by atoms with Crippen molar-refractivity contribution in [3.63, 3.8) is 0 Å². The molecule has 0 aromatic heterocycles. The number of carbonyl (C=O) groups is 1. The van der Waals surface area contributed by atoms with Crippen LogP contribution in [-0.4, -0.2) is 28.0 Å². The van der Waals surface area contributed by atoms with Gasteiger partial charge in [0, 0.05) is 17.8 Å². The molecule has 0 atom stereocenters. The van der Waals surface area contributed by atoms with Crippen molar-refractivity contribution in [3.05, 3.63) is 83.4 Å². The first-order valence-corrected chi connectivity index (χ1v) is 11.5. The molecule has 3 rings (SSSR count). The van der Waals surface area contributed by atoms with Crippen molar-refractivity contribution in [2.45, 2.75) is 18.2 Å². The first-order valence-electron chi connectivity index (χ1n) is 9.66. The van der Waals surface area contributed by atoms with E-state index in [0.717, 1.165) is 11.3 Å². The molecule has 6 nitrogen and oxygen atoms in total. The van der Waals surface area contributed by atoms with Gasteiger partial charge in [0.2, 0.25) is 5.91 Å². The third-order valence-corrected chi connectivity index (χ3v) is 6.64. The third kappa shape index (κ3) is 5.77. The highest BCUT2D eigenvalue weighted by Crippen LogP contribution is 2.24. The first-order chi connectivity index (χ1) is 14.8. The quantitative estimate of drug-likeness (QED) is 0.528. The SMILES string of the molecule is CCOc1ccc(NC(=O)Cc2ccc(N(C)S(=O)(=O)c3ccc(Cl)cc3)cc2)cc1. The highest BCUT2D eigenvalue weighted by atomic mass is 35.5. The summed E-state index contributed by atoms with van der Waals surface area (Å²) < 4.78 is 32.1. The van der Waals surface area contributed by atoms with Crippen molar-refractivity contribution in [1.29, 1.82) is 0 Å². The van der Waals surface area contributed by atoms with Gasteiger partial charge in [-0.05, 0) is 73.2 Å². The van der Waals surface area contributed by atoms with Crippen LogP contribution >= 0.6 is 11.6 Å². The zero-order chi connectivity index (χ0) is 22.4. The summed E-state index contributed by atoms with van der Waals surface area (Å²) in [4.78, 5) is 12.5. The summed E-state index contributed by atoms with van der Waals surface area (Å²) in [6.07, 6.45) is 0.168. The minimum Gasteiger partial charge on any atom is -0.494 e. The van der Waals surface area contributed by atoms with Gasteiger partial charge in [-0.25, -0.2) is 8.42 Å². The van der Waals surface area contributed by atoms with E-state index in [2.05, 4.69) is 5.32 Å². The fourth-order valence-electron chi connectivity index (χ4n) is 2.92. The Balaban J connectivity index is 1.64. The molecule has 8 heteroatoms. The van der Waals surface area contributed by atoms with E-state index in [1.54, 1.807) is 48.5 Å². The Morgan fingerprint density at radius 1 is 0.968 bits per heavy atom. The number of carbonyl (C=O) groups excluding carboxylic acids is 1. The van der Waals surface area contributed by atoms with Gasteiger partial charge in [-0.1, -0.05) is 23.7 Å². The fourth-order valence-corrected chi connectivity index (χ4v) is 4.24. The lowest BCUT2D eigenvalue weighted by molar-refractivity contribution is -0.115. The maximum atomic E-state index is 12.8. The van der Waals surface area contributed by atoms with Gasteiger partial charge in [-0.2, -0.15) is 0 Å². The van der Waals surface area contributed by atoms with E-state index < -0.39 is 10.0 Å². The predicted octanol–water partition coefficient (Wildman–Crippen LogP) is 4.75. The summed E-state index contributed by atoms with van der Waals surface area (Å²) in [5.74, 6) is 0.577. The second kappa shape index (κ2) is 9.85. The zero-order valence-electron chi connectivity index (χ0n) is 17.2. The van der Waals surface area contributed by atoms with Crippen LogP contribution < -0.4 is 14.4 Å². The number of nitrogens with one attached hydrogen (secondary N) is 1. The van der Waals surface area contributed by atoms with E-state index in [1.807, 2.05) is 6.92 Å². The lowest BCUT2D eigenvalue weighted by Gasteiger charge is -2.20. The summed E-state index contributed by atoms with van der Waals surface area (Å²) in [6.45, 7) is 2.49. The average Bonchev–Trinajstić information content (AvgIpc) is 2.75. The Labute approximate surface area is 187 Å². The molecule has 3 aromatic rings. The molecular formula is C23H23ClN2O4S. The Hall–Kier alpha value is -3.03. The van der Waals surface area contributed by atoms with Gasteiger partial charge in [-0.15, -0.1) is 0 Å². The third-order valence-electron chi connectivity index (χ3n) is 4.59. The lowest BCUT2D eigenvalue weighted by atomic mass is 10.1. The van der Waals surface area contributed by atoms with Gasteiger partial charge in [0.1, 0.15) is 5.75 Å². The van der Waals surface area contributed by atoms with E-state index in [-0.39, 0.29) is 17.2 Å². The molecule has 0 fully saturated rings. The van der Waals surface area contributed by atoms with E-state index in [0.29, 0.717) is 23.0 Å². The molecule has 1 amide bonds. The molecule has 0 radical (unpaired) electrons. The zero-order valence-corrected chi connectivity index (χ0v) is 18.8. The van der Waals surface area contributed by atoms with Crippen molar-refractivity contribution in [1.82, 2.24) is 0 Å². The maximum Gasteiger partial charge on any atom is 0.264 e. The number of hydrogen-bond acceptors (Lipinski definition) is 4. The van der Waals surface area contributed by atoms with E-state index in [9.17, 15) is 13.2 Å². The molecule has 0 saturated heterocycles. The van der Waals surface area contributed by atoms with Crippen molar-refractivity contribution in [2.24, 2.45) is 0 Å². The van der Waals surface area contributed by atoms with Crippen LogP contribution in [0.15, 0.2) is 77.7 Å². The van der Waals surface area contributed by atoms with Crippen molar-refractivity contribution in [2.75, 3.05) is 23.3 Å². The number of halogens is 1. The maximum absolute atomic E-state index is 12.8. The van der Waals surface area contributed by atoms with Crippen LogP contribution in [0.2, 0.25) is 5.02 Å². The van der Waals surface area contributed by atoms with E-state index >= 15 is 0 Å². The second-order valence-corrected chi connectivity index (χ2v) is 9.18. The Morgan fingerprint density at radius 3 is 2.16 bits per heavy atom. The number of rotatable bonds is 8. The topological polar surface area (TPSA) is 75.7 Å². The van der Waals surface area contributed by atoms with Gasteiger partial charge in [0.25, 0.3) is 10.0 Å². The molecule has 1 N–H and O–H groups in total. The molecule has 0 aliphatic heterocycles. The molecule has 3 aromatic carbocycles. The van der Waals surface area contributed by atoms with Crippen molar-refractivity contribution < 1.29 is 17.9 Å². The first kappa shape index (κ1) is 22.7. The normalized spacial score (nSPS) is 11.1. The molecule has 0 spiro atoms. The number of benzene rings is 3. The van der Waals surface area contributed by atoms with Crippen LogP contribution in [-0.2, 0) is 21.2 Å². The van der Waals surface area contributed by atoms with Crippen LogP contribution in [0.1, 0.15) is 12.5 Å². The number of hydrogen-bond donors (Lipinski definition) is 1. The van der Waals surface area contributed by atoms with E-state index in [4.69, 9.17) is 16.3 Å². The van der Waals surface area contributed by atoms with Gasteiger partial charge < -0.3 is 10.1 Å². The standard InChI is InChI=1S/C23H23ClN2O4S/c1-3-30-21-12-8-19(9-13-21)25-23(27)16-17-4-10-20(11-5-17)26(2)31(28,29)22-14-6-18(24)7-15-22/h4-15H,3,16H2,1-2H3,(H,25,27). The molecule has 162 valence electrons. The minimum absolute atomic E-state index is 0.151. The van der Waals surface area contributed by atoms with Crippen LogP contribution in [0, 0.1) is 0 Å². The number of amides is 1. The highest BCUT2D eigenvalue weighted by Gasteiger charge is 2.21. The number of sulfonamides is 1. The summed E-state index contributed by atoms with van der Waals surface area (Å²) >= 11 is 5.84.